The van der Waals surface area contributed by atoms with Crippen molar-refractivity contribution in [2.24, 2.45) is 0 Å². The van der Waals surface area contributed by atoms with Crippen molar-refractivity contribution in [1.82, 2.24) is 9.36 Å². The Hall–Kier alpha value is -1.53. The van der Waals surface area contributed by atoms with E-state index in [1.54, 1.807) is 13.2 Å². The van der Waals surface area contributed by atoms with Gasteiger partial charge in [0.1, 0.15) is 11.6 Å². The molecule has 1 aromatic heterocycles. The first-order chi connectivity index (χ1) is 8.78. The normalized spacial score (nSPS) is 10.6. The summed E-state index contributed by atoms with van der Waals surface area (Å²) >= 11 is 1.30. The van der Waals surface area contributed by atoms with Crippen molar-refractivity contribution in [3.05, 3.63) is 41.5 Å². The van der Waals surface area contributed by atoms with Crippen LogP contribution in [0.4, 0.5) is 9.52 Å². The lowest BCUT2D eigenvalue weighted by Crippen LogP contribution is -2.07. The molecule has 4 nitrogen and oxygen atoms in total. The Labute approximate surface area is 109 Å². The maximum Gasteiger partial charge on any atom is 0.202 e. The maximum absolute atomic E-state index is 13.0. The van der Waals surface area contributed by atoms with Crippen LogP contribution in [0.2, 0.25) is 0 Å². The van der Waals surface area contributed by atoms with Gasteiger partial charge in [-0.3, -0.25) is 0 Å². The topological polar surface area (TPSA) is 47.0 Å². The zero-order valence-electron chi connectivity index (χ0n) is 10.0. The van der Waals surface area contributed by atoms with E-state index in [9.17, 15) is 4.39 Å². The molecule has 0 bridgehead atoms. The molecule has 1 heterocycles. The van der Waals surface area contributed by atoms with Gasteiger partial charge in [0.05, 0.1) is 6.61 Å². The first kappa shape index (κ1) is 12.9. The number of halogens is 1. The van der Waals surface area contributed by atoms with Crippen LogP contribution in [0.3, 0.4) is 0 Å². The minimum atomic E-state index is -0.235. The van der Waals surface area contributed by atoms with Crippen LogP contribution in [0, 0.1) is 5.82 Å². The number of methoxy groups -OCH3 is 1. The van der Waals surface area contributed by atoms with Crippen molar-refractivity contribution < 1.29 is 9.13 Å². The lowest BCUT2D eigenvalue weighted by atomic mass is 10.1. The summed E-state index contributed by atoms with van der Waals surface area (Å²) in [5.41, 5.74) is 0.872. The van der Waals surface area contributed by atoms with Crippen molar-refractivity contribution in [2.75, 3.05) is 25.6 Å². The van der Waals surface area contributed by atoms with E-state index in [0.29, 0.717) is 25.4 Å². The van der Waals surface area contributed by atoms with Gasteiger partial charge in [0, 0.05) is 31.6 Å². The Morgan fingerprint density at radius 3 is 3.11 bits per heavy atom. The molecule has 0 aliphatic carbocycles. The monoisotopic (exact) mass is 267 g/mol. The summed E-state index contributed by atoms with van der Waals surface area (Å²) in [6.07, 6.45) is 0.542. The second kappa shape index (κ2) is 6.42. The molecule has 0 unspecified atom stereocenters. The average Bonchev–Trinajstić information content (AvgIpc) is 2.77. The molecule has 0 radical (unpaired) electrons. The number of aromatic nitrogens is 2. The number of rotatable bonds is 6. The molecule has 6 heteroatoms. The average molecular weight is 267 g/mol. The van der Waals surface area contributed by atoms with Gasteiger partial charge in [-0.15, -0.1) is 0 Å². The molecule has 0 aliphatic heterocycles. The minimum Gasteiger partial charge on any atom is -0.383 e. The van der Waals surface area contributed by atoms with Crippen LogP contribution in [0.15, 0.2) is 24.3 Å². The number of hydrogen-bond acceptors (Lipinski definition) is 5. The molecule has 1 aromatic carbocycles. The third-order valence-electron chi connectivity index (χ3n) is 2.30. The molecule has 0 fully saturated rings. The molecule has 0 spiro atoms. The van der Waals surface area contributed by atoms with Crippen molar-refractivity contribution in [2.45, 2.75) is 6.42 Å². The molecule has 2 rings (SSSR count). The fraction of sp³-hybridized carbons (Fsp3) is 0.333. The standard InChI is InChI=1S/C12H14FN3OS/c1-17-6-5-14-12-15-11(16-18-12)8-9-3-2-4-10(13)7-9/h2-4,7H,5-6,8H2,1H3,(H,14,15,16). The van der Waals surface area contributed by atoms with Crippen LogP contribution < -0.4 is 5.32 Å². The van der Waals surface area contributed by atoms with Gasteiger partial charge in [0.2, 0.25) is 5.13 Å². The number of anilines is 1. The van der Waals surface area contributed by atoms with Crippen LogP contribution in [0.1, 0.15) is 11.4 Å². The van der Waals surface area contributed by atoms with Gasteiger partial charge >= 0.3 is 0 Å². The van der Waals surface area contributed by atoms with Crippen molar-refractivity contribution >= 4 is 16.7 Å². The second-order valence-electron chi connectivity index (χ2n) is 3.74. The molecule has 96 valence electrons. The number of nitrogens with zero attached hydrogens (tertiary/aromatic N) is 2. The maximum atomic E-state index is 13.0. The number of ether oxygens (including phenoxy) is 1. The summed E-state index contributed by atoms with van der Waals surface area (Å²) in [6.45, 7) is 1.32. The Morgan fingerprint density at radius 1 is 1.44 bits per heavy atom. The summed E-state index contributed by atoms with van der Waals surface area (Å²) < 4.78 is 22.2. The number of nitrogens with one attached hydrogen (secondary N) is 1. The highest BCUT2D eigenvalue weighted by atomic mass is 32.1. The van der Waals surface area contributed by atoms with Crippen molar-refractivity contribution in [1.29, 1.82) is 0 Å². The molecule has 0 amide bonds. The Kier molecular flexibility index (Phi) is 4.60. The Balaban J connectivity index is 1.94. The van der Waals surface area contributed by atoms with Crippen LogP contribution in [-0.4, -0.2) is 29.6 Å². The van der Waals surface area contributed by atoms with E-state index < -0.39 is 0 Å². The highest BCUT2D eigenvalue weighted by Gasteiger charge is 2.05. The van der Waals surface area contributed by atoms with Crippen molar-refractivity contribution in [3.63, 3.8) is 0 Å². The highest BCUT2D eigenvalue weighted by molar-refractivity contribution is 7.09. The SMILES string of the molecule is COCCNc1nc(Cc2cccc(F)c2)ns1. The lowest BCUT2D eigenvalue weighted by Gasteiger charge is -1.99. The first-order valence-electron chi connectivity index (χ1n) is 5.58. The van der Waals surface area contributed by atoms with E-state index in [-0.39, 0.29) is 5.82 Å². The third-order valence-corrected chi connectivity index (χ3v) is 3.01. The predicted molar refractivity (Wildman–Crippen MR) is 69.5 cm³/mol. The van der Waals surface area contributed by atoms with Gasteiger partial charge in [-0.05, 0) is 17.7 Å². The lowest BCUT2D eigenvalue weighted by molar-refractivity contribution is 0.211. The Morgan fingerprint density at radius 2 is 2.33 bits per heavy atom. The second-order valence-corrected chi connectivity index (χ2v) is 4.49. The molecule has 0 saturated carbocycles. The number of hydrogen-bond donors (Lipinski definition) is 1. The van der Waals surface area contributed by atoms with Gasteiger partial charge in [-0.2, -0.15) is 4.37 Å². The largest absolute Gasteiger partial charge is 0.383 e. The molecule has 2 aromatic rings. The van der Waals surface area contributed by atoms with Gasteiger partial charge in [0.15, 0.2) is 0 Å². The Bertz CT molecular complexity index is 504. The van der Waals surface area contributed by atoms with E-state index >= 15 is 0 Å². The van der Waals surface area contributed by atoms with Gasteiger partial charge < -0.3 is 10.1 Å². The van der Waals surface area contributed by atoms with Crippen LogP contribution in [-0.2, 0) is 11.2 Å². The zero-order chi connectivity index (χ0) is 12.8. The molecule has 0 atom stereocenters. The molecular weight excluding hydrogens is 253 g/mol. The molecule has 1 N–H and O–H groups in total. The van der Waals surface area contributed by atoms with Gasteiger partial charge in [-0.25, -0.2) is 9.37 Å². The van der Waals surface area contributed by atoms with E-state index in [0.717, 1.165) is 10.7 Å². The summed E-state index contributed by atoms with van der Waals surface area (Å²) in [4.78, 5) is 4.33. The van der Waals surface area contributed by atoms with E-state index in [1.807, 2.05) is 6.07 Å². The predicted octanol–water partition coefficient (Wildman–Crippen LogP) is 2.33. The fourth-order valence-electron chi connectivity index (χ4n) is 1.49. The van der Waals surface area contributed by atoms with Crippen LogP contribution in [0.25, 0.3) is 0 Å². The highest BCUT2D eigenvalue weighted by Crippen LogP contribution is 2.14. The first-order valence-corrected chi connectivity index (χ1v) is 6.35. The van der Waals surface area contributed by atoms with E-state index in [1.165, 1.54) is 23.7 Å². The number of benzene rings is 1. The minimum absolute atomic E-state index is 0.235. The molecular formula is C12H14FN3OS. The zero-order valence-corrected chi connectivity index (χ0v) is 10.8. The van der Waals surface area contributed by atoms with E-state index in [4.69, 9.17) is 4.74 Å². The smallest absolute Gasteiger partial charge is 0.202 e. The molecule has 0 aliphatic rings. The van der Waals surface area contributed by atoms with Gasteiger partial charge in [0.25, 0.3) is 0 Å². The summed E-state index contributed by atoms with van der Waals surface area (Å²) in [7, 11) is 1.65. The quantitative estimate of drug-likeness (QED) is 0.816. The summed E-state index contributed by atoms with van der Waals surface area (Å²) in [5.74, 6) is 0.465. The third kappa shape index (κ3) is 3.75. The van der Waals surface area contributed by atoms with E-state index in [2.05, 4.69) is 14.7 Å². The van der Waals surface area contributed by atoms with Crippen LogP contribution in [0.5, 0.6) is 0 Å². The van der Waals surface area contributed by atoms with Gasteiger partial charge in [-0.1, -0.05) is 12.1 Å². The van der Waals surface area contributed by atoms with Crippen molar-refractivity contribution in [3.8, 4) is 0 Å². The summed E-state index contributed by atoms with van der Waals surface area (Å²) in [5, 5.41) is 3.87. The molecule has 18 heavy (non-hydrogen) atoms. The molecule has 0 saturated heterocycles. The van der Waals surface area contributed by atoms with Crippen LogP contribution >= 0.6 is 11.5 Å². The summed E-state index contributed by atoms with van der Waals surface area (Å²) in [6, 6.07) is 6.48. The fourth-order valence-corrected chi connectivity index (χ4v) is 2.10.